The van der Waals surface area contributed by atoms with Gasteiger partial charge < -0.3 is 26.6 Å². The van der Waals surface area contributed by atoms with Crippen molar-refractivity contribution in [1.82, 2.24) is 26.6 Å². The third-order valence-electron chi connectivity index (χ3n) is 8.19. The molecule has 0 saturated heterocycles. The Balaban J connectivity index is 1.86. The molecule has 3 aromatic rings. The molecule has 4 amide bonds. The van der Waals surface area contributed by atoms with Gasteiger partial charge in [-0.25, -0.2) is 8.42 Å². The van der Waals surface area contributed by atoms with Crippen LogP contribution in [0, 0.1) is 12.8 Å². The fourth-order valence-corrected chi connectivity index (χ4v) is 6.60. The number of anilines is 1. The minimum Gasteiger partial charge on any atom is -0.355 e. The van der Waals surface area contributed by atoms with Crippen LogP contribution in [0.2, 0.25) is 0 Å². The summed E-state index contributed by atoms with van der Waals surface area (Å²) in [5, 5.41) is 14.7. The van der Waals surface area contributed by atoms with Crippen LogP contribution in [-0.2, 0) is 26.0 Å². The summed E-state index contributed by atoms with van der Waals surface area (Å²) in [6, 6.07) is 15.4. The standard InChI is InChI=1S/C36H50N6O6S2/c1-9-37-36(46)32(22(2)3)41-33(43)25(6)38-21-29(20-31-16-15-23(4)49-31)40-35(45)28-17-27(18-30(19-28)42(7)50(8,47)48)34(44)39-24(5)26-13-11-10-12-14-26/h10-19,22,24-25,29,32,38H,9,20-21H2,1-8H3,(H,37,46)(H,39,44)(H,40,45)(H,41,43)/t24-,25+,29?,32+/m1/s1. The normalized spacial score (nSPS) is 13.9. The topological polar surface area (TPSA) is 166 Å². The first-order chi connectivity index (χ1) is 23.5. The zero-order chi connectivity index (χ0) is 37.2. The lowest BCUT2D eigenvalue weighted by atomic mass is 10.0. The third-order valence-corrected chi connectivity index (χ3v) is 10.4. The molecule has 2 aromatic carbocycles. The molecule has 0 spiro atoms. The number of nitrogens with zero attached hydrogens (tertiary/aromatic N) is 1. The highest BCUT2D eigenvalue weighted by Crippen LogP contribution is 2.23. The number of carbonyl (C=O) groups excluding carboxylic acids is 4. The molecule has 1 heterocycles. The van der Waals surface area contributed by atoms with E-state index in [-0.39, 0.29) is 47.1 Å². The minimum atomic E-state index is -3.72. The third kappa shape index (κ3) is 11.7. The van der Waals surface area contributed by atoms with Gasteiger partial charge in [0.25, 0.3) is 11.8 Å². The van der Waals surface area contributed by atoms with Crippen LogP contribution in [0.25, 0.3) is 0 Å². The summed E-state index contributed by atoms with van der Waals surface area (Å²) in [5.74, 6) is -1.74. The molecule has 1 aromatic heterocycles. The summed E-state index contributed by atoms with van der Waals surface area (Å²) in [5.41, 5.74) is 1.24. The molecule has 50 heavy (non-hydrogen) atoms. The van der Waals surface area contributed by atoms with Crippen LogP contribution in [-0.4, -0.2) is 76.6 Å². The first-order valence-electron chi connectivity index (χ1n) is 16.6. The van der Waals surface area contributed by atoms with Gasteiger partial charge in [-0.05, 0) is 69.5 Å². The molecule has 0 bridgehead atoms. The average Bonchev–Trinajstić information content (AvgIpc) is 3.48. The molecular weight excluding hydrogens is 677 g/mol. The SMILES string of the molecule is CCNC(=O)[C@@H](NC(=O)[C@H](C)NCC(Cc1ccc(C)s1)NC(=O)c1cc(C(=O)N[C@H](C)c2ccccc2)cc(N(C)S(C)(=O)=O)c1)C(C)C. The molecule has 0 aliphatic rings. The van der Waals surface area contributed by atoms with Crippen LogP contribution in [0.15, 0.2) is 60.7 Å². The lowest BCUT2D eigenvalue weighted by Crippen LogP contribution is -2.55. The highest BCUT2D eigenvalue weighted by molar-refractivity contribution is 7.92. The molecule has 5 N–H and O–H groups in total. The second kappa shape index (κ2) is 18.1. The molecule has 0 aliphatic heterocycles. The lowest BCUT2D eigenvalue weighted by molar-refractivity contribution is -0.130. The van der Waals surface area contributed by atoms with Gasteiger partial charge in [0.1, 0.15) is 6.04 Å². The van der Waals surface area contributed by atoms with Crippen molar-refractivity contribution in [3.8, 4) is 0 Å². The summed E-state index contributed by atoms with van der Waals surface area (Å²) in [6.07, 6.45) is 1.49. The minimum absolute atomic E-state index is 0.0929. The Morgan fingerprint density at radius 2 is 1.46 bits per heavy atom. The van der Waals surface area contributed by atoms with Crippen molar-refractivity contribution in [2.24, 2.45) is 5.92 Å². The van der Waals surface area contributed by atoms with Crippen molar-refractivity contribution in [3.63, 3.8) is 0 Å². The van der Waals surface area contributed by atoms with Gasteiger partial charge in [0.15, 0.2) is 0 Å². The Morgan fingerprint density at radius 1 is 0.840 bits per heavy atom. The number of benzene rings is 2. The monoisotopic (exact) mass is 726 g/mol. The van der Waals surface area contributed by atoms with Crippen molar-refractivity contribution in [3.05, 3.63) is 87.1 Å². The van der Waals surface area contributed by atoms with Crippen LogP contribution < -0.4 is 30.9 Å². The lowest BCUT2D eigenvalue weighted by Gasteiger charge is -2.25. The van der Waals surface area contributed by atoms with Crippen LogP contribution in [0.5, 0.6) is 0 Å². The van der Waals surface area contributed by atoms with Gasteiger partial charge in [-0.3, -0.25) is 23.5 Å². The predicted molar refractivity (Wildman–Crippen MR) is 199 cm³/mol. The fraction of sp³-hybridized carbons (Fsp3) is 0.444. The Labute approximate surface area is 299 Å². The molecule has 14 heteroatoms. The molecule has 12 nitrogen and oxygen atoms in total. The molecule has 3 rings (SSSR count). The van der Waals surface area contributed by atoms with Crippen LogP contribution >= 0.6 is 11.3 Å². The second-order valence-electron chi connectivity index (χ2n) is 12.7. The number of hydrogen-bond donors (Lipinski definition) is 5. The fourth-order valence-electron chi connectivity index (χ4n) is 5.14. The Hall–Kier alpha value is -4.27. The van der Waals surface area contributed by atoms with Crippen molar-refractivity contribution in [2.75, 3.05) is 30.7 Å². The van der Waals surface area contributed by atoms with E-state index >= 15 is 0 Å². The number of aryl methyl sites for hydroxylation is 1. The van der Waals surface area contributed by atoms with Gasteiger partial charge in [-0.2, -0.15) is 0 Å². The predicted octanol–water partition coefficient (Wildman–Crippen LogP) is 3.54. The van der Waals surface area contributed by atoms with Crippen LogP contribution in [0.3, 0.4) is 0 Å². The summed E-state index contributed by atoms with van der Waals surface area (Å²) in [7, 11) is -2.36. The number of nitrogens with one attached hydrogen (secondary N) is 5. The van der Waals surface area contributed by atoms with E-state index in [2.05, 4.69) is 26.6 Å². The van der Waals surface area contributed by atoms with Gasteiger partial charge in [-0.15, -0.1) is 11.3 Å². The van der Waals surface area contributed by atoms with E-state index in [0.29, 0.717) is 13.0 Å². The maximum absolute atomic E-state index is 13.9. The molecule has 0 aliphatic carbocycles. The number of hydrogen-bond acceptors (Lipinski definition) is 8. The van der Waals surface area contributed by atoms with Crippen molar-refractivity contribution < 1.29 is 27.6 Å². The van der Waals surface area contributed by atoms with Crippen molar-refractivity contribution in [1.29, 1.82) is 0 Å². The molecular formula is C36H50N6O6S2. The highest BCUT2D eigenvalue weighted by Gasteiger charge is 2.27. The number of carbonyl (C=O) groups is 4. The molecule has 4 atom stereocenters. The van der Waals surface area contributed by atoms with Crippen molar-refractivity contribution in [2.45, 2.75) is 72.1 Å². The average molecular weight is 727 g/mol. The van der Waals surface area contributed by atoms with Gasteiger partial charge in [-0.1, -0.05) is 44.2 Å². The molecule has 0 saturated carbocycles. The Morgan fingerprint density at radius 3 is 2.00 bits per heavy atom. The van der Waals surface area contributed by atoms with E-state index in [1.807, 2.05) is 77.1 Å². The first-order valence-corrected chi connectivity index (χ1v) is 19.3. The summed E-state index contributed by atoms with van der Waals surface area (Å²) < 4.78 is 26.0. The van der Waals surface area contributed by atoms with Gasteiger partial charge >= 0.3 is 0 Å². The number of amides is 4. The van der Waals surface area contributed by atoms with E-state index in [4.69, 9.17) is 0 Å². The summed E-state index contributed by atoms with van der Waals surface area (Å²) in [4.78, 5) is 55.1. The van der Waals surface area contributed by atoms with E-state index in [1.54, 1.807) is 18.3 Å². The number of thiophene rings is 1. The quantitative estimate of drug-likeness (QED) is 0.142. The number of likely N-dealkylation sites (N-methyl/N-ethyl adjacent to an activating group) is 1. The van der Waals surface area contributed by atoms with E-state index in [0.717, 1.165) is 25.9 Å². The van der Waals surface area contributed by atoms with Crippen LogP contribution in [0.1, 0.15) is 76.7 Å². The first kappa shape index (κ1) is 40.2. The van der Waals surface area contributed by atoms with Gasteiger partial charge in [0.2, 0.25) is 21.8 Å². The van der Waals surface area contributed by atoms with E-state index in [9.17, 15) is 27.6 Å². The Kier molecular flexibility index (Phi) is 14.5. The highest BCUT2D eigenvalue weighted by atomic mass is 32.2. The molecule has 1 unspecified atom stereocenters. The Bertz CT molecular complexity index is 1740. The van der Waals surface area contributed by atoms with E-state index in [1.165, 1.54) is 25.2 Å². The zero-order valence-corrected chi connectivity index (χ0v) is 31.6. The molecule has 0 radical (unpaired) electrons. The number of rotatable bonds is 17. The van der Waals surface area contributed by atoms with E-state index < -0.39 is 40.0 Å². The summed E-state index contributed by atoms with van der Waals surface area (Å²) in [6.45, 7) is 11.7. The molecule has 272 valence electrons. The largest absolute Gasteiger partial charge is 0.355 e. The van der Waals surface area contributed by atoms with Crippen molar-refractivity contribution >= 4 is 50.7 Å². The zero-order valence-electron chi connectivity index (χ0n) is 30.0. The maximum atomic E-state index is 13.9. The van der Waals surface area contributed by atoms with Gasteiger partial charge in [0, 0.05) is 53.5 Å². The maximum Gasteiger partial charge on any atom is 0.251 e. The van der Waals surface area contributed by atoms with Crippen LogP contribution in [0.4, 0.5) is 5.69 Å². The van der Waals surface area contributed by atoms with Gasteiger partial charge in [0.05, 0.1) is 24.0 Å². The smallest absolute Gasteiger partial charge is 0.251 e. The molecule has 0 fully saturated rings. The number of sulfonamides is 1. The second-order valence-corrected chi connectivity index (χ2v) is 16.1. The summed E-state index contributed by atoms with van der Waals surface area (Å²) >= 11 is 1.59.